The molecule has 1 atom stereocenters. The van der Waals surface area contributed by atoms with Gasteiger partial charge in [-0.1, -0.05) is 6.07 Å². The average Bonchev–Trinajstić information content (AvgIpc) is 2.69. The Bertz CT molecular complexity index is 1340. The summed E-state index contributed by atoms with van der Waals surface area (Å²) in [6, 6.07) is 7.74. The fraction of sp³-hybridized carbons (Fsp3) is 0.150. The van der Waals surface area contributed by atoms with Crippen LogP contribution in [0, 0.1) is 23.3 Å². The molecule has 0 radical (unpaired) electrons. The van der Waals surface area contributed by atoms with E-state index in [4.69, 9.17) is 9.52 Å². The van der Waals surface area contributed by atoms with Crippen LogP contribution in [0.4, 0.5) is 27.6 Å². The zero-order valence-electron chi connectivity index (χ0n) is 17.0. The Morgan fingerprint density at radius 2 is 1.79 bits per heavy atom. The number of hydrogen-bond donors (Lipinski definition) is 2. The normalized spacial score (nSPS) is 13.3. The third kappa shape index (κ3) is 5.42. The summed E-state index contributed by atoms with van der Waals surface area (Å²) in [4.78, 5) is 13.0. The first-order valence-electron chi connectivity index (χ1n) is 9.00. The molecule has 1 aromatic heterocycles. The maximum absolute atomic E-state index is 13.5. The van der Waals surface area contributed by atoms with Gasteiger partial charge in [0.2, 0.25) is 0 Å². The van der Waals surface area contributed by atoms with Gasteiger partial charge in [-0.15, -0.1) is 10.2 Å². The summed E-state index contributed by atoms with van der Waals surface area (Å²) in [5.41, 5.74) is -2.68. The van der Waals surface area contributed by atoms with E-state index < -0.39 is 56.1 Å². The first-order chi connectivity index (χ1) is 15.3. The number of nitrogens with one attached hydrogen (secondary N) is 2. The minimum atomic E-state index is -4.94. The van der Waals surface area contributed by atoms with E-state index in [-0.39, 0.29) is 16.3 Å². The number of hydrogen-bond acceptors (Lipinski definition) is 6. The molecule has 1 unspecified atom stereocenters. The number of halogens is 5. The molecule has 33 heavy (non-hydrogen) atoms. The van der Waals surface area contributed by atoms with Gasteiger partial charge in [0, 0.05) is 22.9 Å². The number of alkyl halides is 3. The predicted octanol–water partition coefficient (Wildman–Crippen LogP) is 5.16. The van der Waals surface area contributed by atoms with E-state index in [1.807, 2.05) is 0 Å². The maximum Gasteiger partial charge on any atom is 0.435 e. The highest BCUT2D eigenvalue weighted by Crippen LogP contribution is 2.35. The summed E-state index contributed by atoms with van der Waals surface area (Å²) in [6.45, 7) is 0.976. The number of nitrogens with zero attached hydrogens (tertiary/aromatic N) is 2. The van der Waals surface area contributed by atoms with Crippen LogP contribution < -0.4 is 10.1 Å². The molecule has 0 fully saturated rings. The van der Waals surface area contributed by atoms with Crippen LogP contribution in [0.2, 0.25) is 0 Å². The predicted molar refractivity (Wildman–Crippen MR) is 108 cm³/mol. The number of amides is 1. The lowest BCUT2D eigenvalue weighted by Crippen LogP contribution is -2.21. The highest BCUT2D eigenvalue weighted by Gasteiger charge is 2.38. The average molecular weight is 486 g/mol. The fourth-order valence-corrected chi connectivity index (χ4v) is 3.46. The topological polar surface area (TPSA) is 105 Å². The van der Waals surface area contributed by atoms with E-state index >= 15 is 0 Å². The smallest absolute Gasteiger partial charge is 0.435 e. The Hall–Kier alpha value is -3.61. The Labute approximate surface area is 184 Å². The lowest BCUT2D eigenvalue weighted by Gasteiger charge is -2.16. The standard InChI is InChI=1S/C20H15F5N4O3S/c1-10-16(18(30)27-11-4-3-5-13(8-11)33(2,26)31)19(29-28-17(10)20(23,24)25)32-12-6-7-14(21)15(22)9-12/h3-9,26H,1-2H3,(H,27,30). The maximum atomic E-state index is 13.5. The van der Waals surface area contributed by atoms with E-state index in [2.05, 4.69) is 15.5 Å². The molecule has 13 heteroatoms. The molecule has 0 bridgehead atoms. The summed E-state index contributed by atoms with van der Waals surface area (Å²) in [7, 11) is -3.13. The SMILES string of the molecule is Cc1c(C(F)(F)F)nnc(Oc2ccc(F)c(F)c2)c1C(=O)Nc1cccc(S(C)(=N)=O)c1. The number of ether oxygens (including phenoxy) is 1. The molecule has 7 nitrogen and oxygen atoms in total. The number of rotatable bonds is 5. The van der Waals surface area contributed by atoms with Crippen molar-refractivity contribution in [1.29, 1.82) is 4.78 Å². The molecule has 0 aliphatic heterocycles. The molecule has 1 heterocycles. The van der Waals surface area contributed by atoms with Gasteiger partial charge in [-0.25, -0.2) is 17.8 Å². The van der Waals surface area contributed by atoms with Crippen molar-refractivity contribution in [3.8, 4) is 11.6 Å². The fourth-order valence-electron chi connectivity index (χ4n) is 2.77. The molecule has 0 spiro atoms. The third-order valence-electron chi connectivity index (χ3n) is 4.33. The summed E-state index contributed by atoms with van der Waals surface area (Å²) in [5, 5.41) is 8.74. The summed E-state index contributed by atoms with van der Waals surface area (Å²) >= 11 is 0. The Kier molecular flexibility index (Phi) is 6.36. The van der Waals surface area contributed by atoms with Crippen molar-refractivity contribution in [2.24, 2.45) is 0 Å². The van der Waals surface area contributed by atoms with E-state index in [1.54, 1.807) is 0 Å². The van der Waals surface area contributed by atoms with Crippen LogP contribution in [0.1, 0.15) is 21.6 Å². The van der Waals surface area contributed by atoms with Crippen LogP contribution >= 0.6 is 0 Å². The van der Waals surface area contributed by atoms with Gasteiger partial charge < -0.3 is 10.1 Å². The van der Waals surface area contributed by atoms with Gasteiger partial charge in [-0.05, 0) is 42.8 Å². The second-order valence-corrected chi connectivity index (χ2v) is 9.01. The number of aromatic nitrogens is 2. The number of carbonyl (C=O) groups excluding carboxylic acids is 1. The van der Waals surface area contributed by atoms with Gasteiger partial charge in [0.25, 0.3) is 11.8 Å². The minimum Gasteiger partial charge on any atom is -0.437 e. The Balaban J connectivity index is 2.07. The van der Waals surface area contributed by atoms with Crippen molar-refractivity contribution in [3.05, 3.63) is 70.9 Å². The first kappa shape index (κ1) is 24.0. The van der Waals surface area contributed by atoms with Crippen LogP contribution in [0.15, 0.2) is 47.4 Å². The molecule has 2 aromatic carbocycles. The molecular weight excluding hydrogens is 471 g/mol. The largest absolute Gasteiger partial charge is 0.437 e. The van der Waals surface area contributed by atoms with Gasteiger partial charge >= 0.3 is 6.18 Å². The van der Waals surface area contributed by atoms with Gasteiger partial charge in [0.05, 0.1) is 9.73 Å². The van der Waals surface area contributed by atoms with Crippen LogP contribution in [0.5, 0.6) is 11.6 Å². The van der Waals surface area contributed by atoms with Crippen LogP contribution in [-0.2, 0) is 15.9 Å². The third-order valence-corrected chi connectivity index (χ3v) is 5.48. The van der Waals surface area contributed by atoms with Crippen molar-refractivity contribution < 1.29 is 35.7 Å². The second kappa shape index (κ2) is 8.73. The molecule has 0 aliphatic carbocycles. The number of carbonyl (C=O) groups is 1. The van der Waals surface area contributed by atoms with Gasteiger partial charge in [-0.2, -0.15) is 13.2 Å². The van der Waals surface area contributed by atoms with Gasteiger partial charge in [-0.3, -0.25) is 4.79 Å². The van der Waals surface area contributed by atoms with Gasteiger partial charge in [0.1, 0.15) is 11.3 Å². The molecule has 0 aliphatic rings. The molecule has 174 valence electrons. The molecule has 1 amide bonds. The van der Waals surface area contributed by atoms with E-state index in [1.165, 1.54) is 24.3 Å². The number of anilines is 1. The molecule has 0 saturated carbocycles. The Morgan fingerprint density at radius 1 is 1.09 bits per heavy atom. The van der Waals surface area contributed by atoms with Gasteiger partial charge in [0.15, 0.2) is 17.3 Å². The highest BCUT2D eigenvalue weighted by molar-refractivity contribution is 7.91. The van der Waals surface area contributed by atoms with Crippen molar-refractivity contribution in [2.45, 2.75) is 18.0 Å². The van der Waals surface area contributed by atoms with E-state index in [0.717, 1.165) is 25.3 Å². The van der Waals surface area contributed by atoms with Crippen LogP contribution in [-0.4, -0.2) is 26.6 Å². The molecular formula is C20H15F5N4O3S. The summed E-state index contributed by atoms with van der Waals surface area (Å²) in [6.07, 6.45) is -3.78. The van der Waals surface area contributed by atoms with Crippen LogP contribution in [0.25, 0.3) is 0 Å². The molecule has 3 rings (SSSR count). The monoisotopic (exact) mass is 486 g/mol. The van der Waals surface area contributed by atoms with Crippen molar-refractivity contribution in [3.63, 3.8) is 0 Å². The molecule has 3 aromatic rings. The zero-order chi connectivity index (χ0) is 24.6. The zero-order valence-corrected chi connectivity index (χ0v) is 17.8. The minimum absolute atomic E-state index is 0.0443. The highest BCUT2D eigenvalue weighted by atomic mass is 32.2. The first-order valence-corrected chi connectivity index (χ1v) is 11.0. The summed E-state index contributed by atoms with van der Waals surface area (Å²) in [5.74, 6) is -4.57. The second-order valence-electron chi connectivity index (χ2n) is 6.86. The number of benzene rings is 2. The van der Waals surface area contributed by atoms with Crippen molar-refractivity contribution >= 4 is 21.3 Å². The lowest BCUT2D eigenvalue weighted by atomic mass is 10.1. The van der Waals surface area contributed by atoms with Crippen molar-refractivity contribution in [2.75, 3.05) is 11.6 Å². The Morgan fingerprint density at radius 3 is 2.39 bits per heavy atom. The molecule has 2 N–H and O–H groups in total. The van der Waals surface area contributed by atoms with Crippen LogP contribution in [0.3, 0.4) is 0 Å². The van der Waals surface area contributed by atoms with E-state index in [9.17, 15) is 31.0 Å². The quantitative estimate of drug-likeness (QED) is 0.485. The molecule has 0 saturated heterocycles. The van der Waals surface area contributed by atoms with Crippen molar-refractivity contribution in [1.82, 2.24) is 10.2 Å². The lowest BCUT2D eigenvalue weighted by molar-refractivity contribution is -0.142. The van der Waals surface area contributed by atoms with E-state index in [0.29, 0.717) is 6.07 Å². The summed E-state index contributed by atoms with van der Waals surface area (Å²) < 4.78 is 91.5.